The maximum Gasteiger partial charge on any atom is 0.306 e. The van der Waals surface area contributed by atoms with E-state index in [1.807, 2.05) is 32.9 Å². The van der Waals surface area contributed by atoms with Crippen molar-refractivity contribution in [2.75, 3.05) is 0 Å². The Bertz CT molecular complexity index is 341. The van der Waals surface area contributed by atoms with Crippen molar-refractivity contribution in [3.05, 3.63) is 29.8 Å². The van der Waals surface area contributed by atoms with Crippen molar-refractivity contribution in [1.29, 1.82) is 0 Å². The van der Waals surface area contributed by atoms with Crippen LogP contribution >= 0.6 is 0 Å². The summed E-state index contributed by atoms with van der Waals surface area (Å²) in [6.45, 7) is 5.64. The Balaban J connectivity index is 2.55. The summed E-state index contributed by atoms with van der Waals surface area (Å²) in [4.78, 5) is 11.4. The predicted octanol–water partition coefficient (Wildman–Crippen LogP) is 2.84. The van der Waals surface area contributed by atoms with Crippen LogP contribution in [0.5, 0.6) is 5.75 Å². The van der Waals surface area contributed by atoms with E-state index in [9.17, 15) is 4.79 Å². The number of esters is 1. The zero-order valence-electron chi connectivity index (χ0n) is 9.93. The number of aromatic hydroxyl groups is 1. The summed E-state index contributed by atoms with van der Waals surface area (Å²) < 4.78 is 5.08. The third-order valence-electron chi connectivity index (χ3n) is 2.30. The molecule has 3 nitrogen and oxygen atoms in total. The number of ether oxygens (including phenoxy) is 1. The van der Waals surface area contributed by atoms with Gasteiger partial charge in [-0.2, -0.15) is 0 Å². The number of benzene rings is 1. The Kier molecular flexibility index (Phi) is 4.35. The molecule has 1 aromatic carbocycles. The molecule has 0 saturated heterocycles. The molecule has 1 atom stereocenters. The summed E-state index contributed by atoms with van der Waals surface area (Å²) in [7, 11) is 0. The molecule has 0 aliphatic carbocycles. The van der Waals surface area contributed by atoms with Crippen LogP contribution < -0.4 is 0 Å². The standard InChI is InChI=1S/C13H18O3/c1-9(2)16-13(15)8-10(3)11-4-6-12(14)7-5-11/h4-7,9-10,14H,8H2,1-3H3. The van der Waals surface area contributed by atoms with Gasteiger partial charge in [0.25, 0.3) is 0 Å². The monoisotopic (exact) mass is 222 g/mol. The van der Waals surface area contributed by atoms with Gasteiger partial charge in [-0.05, 0) is 37.5 Å². The summed E-state index contributed by atoms with van der Waals surface area (Å²) in [5, 5.41) is 9.15. The number of carbonyl (C=O) groups excluding carboxylic acids is 1. The van der Waals surface area contributed by atoms with Crippen molar-refractivity contribution < 1.29 is 14.6 Å². The SMILES string of the molecule is CC(C)OC(=O)CC(C)c1ccc(O)cc1. The molecular formula is C13H18O3. The molecule has 1 rings (SSSR count). The van der Waals surface area contributed by atoms with Crippen molar-refractivity contribution in [2.24, 2.45) is 0 Å². The molecule has 0 heterocycles. The molecule has 88 valence electrons. The average Bonchev–Trinajstić information content (AvgIpc) is 2.16. The normalized spacial score (nSPS) is 12.5. The van der Waals surface area contributed by atoms with E-state index in [1.165, 1.54) is 0 Å². The number of phenolic OH excluding ortho intramolecular Hbond substituents is 1. The molecule has 0 bridgehead atoms. The molecule has 0 aliphatic rings. The second-order valence-electron chi connectivity index (χ2n) is 4.24. The fourth-order valence-electron chi connectivity index (χ4n) is 1.48. The van der Waals surface area contributed by atoms with Crippen LogP contribution in [0.3, 0.4) is 0 Å². The van der Waals surface area contributed by atoms with Gasteiger partial charge in [0.1, 0.15) is 5.75 Å². The maximum absolute atomic E-state index is 11.4. The van der Waals surface area contributed by atoms with E-state index in [2.05, 4.69) is 0 Å². The molecule has 0 fully saturated rings. The van der Waals surface area contributed by atoms with Crippen LogP contribution in [0.2, 0.25) is 0 Å². The molecule has 1 unspecified atom stereocenters. The first kappa shape index (κ1) is 12.6. The number of hydrogen-bond acceptors (Lipinski definition) is 3. The van der Waals surface area contributed by atoms with Crippen molar-refractivity contribution in [1.82, 2.24) is 0 Å². The van der Waals surface area contributed by atoms with E-state index < -0.39 is 0 Å². The van der Waals surface area contributed by atoms with Crippen molar-refractivity contribution in [3.63, 3.8) is 0 Å². The lowest BCUT2D eigenvalue weighted by molar-refractivity contribution is -0.147. The maximum atomic E-state index is 11.4. The molecule has 0 radical (unpaired) electrons. The Morgan fingerprint density at radius 1 is 1.25 bits per heavy atom. The van der Waals surface area contributed by atoms with Gasteiger partial charge < -0.3 is 9.84 Å². The average molecular weight is 222 g/mol. The first-order valence-electron chi connectivity index (χ1n) is 5.47. The topological polar surface area (TPSA) is 46.5 Å². The molecule has 0 spiro atoms. The van der Waals surface area contributed by atoms with Gasteiger partial charge >= 0.3 is 5.97 Å². The number of hydrogen-bond donors (Lipinski definition) is 1. The Morgan fingerprint density at radius 3 is 2.31 bits per heavy atom. The minimum Gasteiger partial charge on any atom is -0.508 e. The summed E-state index contributed by atoms with van der Waals surface area (Å²) in [6, 6.07) is 6.89. The number of carbonyl (C=O) groups is 1. The van der Waals surface area contributed by atoms with E-state index >= 15 is 0 Å². The van der Waals surface area contributed by atoms with Crippen LogP contribution in [0.25, 0.3) is 0 Å². The zero-order chi connectivity index (χ0) is 12.1. The second kappa shape index (κ2) is 5.54. The van der Waals surface area contributed by atoms with E-state index in [0.29, 0.717) is 6.42 Å². The molecule has 1 N–H and O–H groups in total. The van der Waals surface area contributed by atoms with Crippen LogP contribution in [-0.2, 0) is 9.53 Å². The van der Waals surface area contributed by atoms with Crippen molar-refractivity contribution in [3.8, 4) is 5.75 Å². The molecular weight excluding hydrogens is 204 g/mol. The lowest BCUT2D eigenvalue weighted by atomic mass is 9.98. The van der Waals surface area contributed by atoms with Crippen LogP contribution in [0.4, 0.5) is 0 Å². The number of rotatable bonds is 4. The van der Waals surface area contributed by atoms with E-state index in [4.69, 9.17) is 9.84 Å². The zero-order valence-corrected chi connectivity index (χ0v) is 9.93. The van der Waals surface area contributed by atoms with Gasteiger partial charge in [0.05, 0.1) is 12.5 Å². The van der Waals surface area contributed by atoms with E-state index in [-0.39, 0.29) is 23.7 Å². The molecule has 0 saturated carbocycles. The molecule has 0 amide bonds. The van der Waals surface area contributed by atoms with Gasteiger partial charge in [0.15, 0.2) is 0 Å². The Hall–Kier alpha value is -1.51. The van der Waals surface area contributed by atoms with Crippen LogP contribution in [0.1, 0.15) is 38.7 Å². The third-order valence-corrected chi connectivity index (χ3v) is 2.30. The van der Waals surface area contributed by atoms with E-state index in [1.54, 1.807) is 12.1 Å². The van der Waals surface area contributed by atoms with Gasteiger partial charge in [-0.3, -0.25) is 4.79 Å². The van der Waals surface area contributed by atoms with Crippen molar-refractivity contribution >= 4 is 5.97 Å². The highest BCUT2D eigenvalue weighted by molar-refractivity contribution is 5.70. The third kappa shape index (κ3) is 3.93. The Labute approximate surface area is 96.1 Å². The van der Waals surface area contributed by atoms with Gasteiger partial charge in [0, 0.05) is 0 Å². The highest BCUT2D eigenvalue weighted by Crippen LogP contribution is 2.21. The summed E-state index contributed by atoms with van der Waals surface area (Å²) in [5.74, 6) is 0.156. The summed E-state index contributed by atoms with van der Waals surface area (Å²) in [6.07, 6.45) is 0.294. The predicted molar refractivity (Wildman–Crippen MR) is 62.4 cm³/mol. The summed E-state index contributed by atoms with van der Waals surface area (Å²) in [5.41, 5.74) is 1.03. The first-order chi connectivity index (χ1) is 7.49. The molecule has 0 aliphatic heterocycles. The van der Waals surface area contributed by atoms with Crippen LogP contribution in [0, 0.1) is 0 Å². The van der Waals surface area contributed by atoms with E-state index in [0.717, 1.165) is 5.56 Å². The highest BCUT2D eigenvalue weighted by atomic mass is 16.5. The largest absolute Gasteiger partial charge is 0.508 e. The second-order valence-corrected chi connectivity index (χ2v) is 4.24. The lowest BCUT2D eigenvalue weighted by Gasteiger charge is -2.13. The highest BCUT2D eigenvalue weighted by Gasteiger charge is 2.13. The van der Waals surface area contributed by atoms with Crippen molar-refractivity contribution in [2.45, 2.75) is 39.2 Å². The van der Waals surface area contributed by atoms with Gasteiger partial charge in [-0.1, -0.05) is 19.1 Å². The minimum absolute atomic E-state index is 0.0699. The van der Waals surface area contributed by atoms with Gasteiger partial charge in [0.2, 0.25) is 0 Å². The summed E-state index contributed by atoms with van der Waals surface area (Å²) >= 11 is 0. The van der Waals surface area contributed by atoms with Gasteiger partial charge in [-0.25, -0.2) is 0 Å². The van der Waals surface area contributed by atoms with Crippen LogP contribution in [0.15, 0.2) is 24.3 Å². The fraction of sp³-hybridized carbons (Fsp3) is 0.462. The number of phenols is 1. The molecule has 3 heteroatoms. The first-order valence-corrected chi connectivity index (χ1v) is 5.47. The molecule has 16 heavy (non-hydrogen) atoms. The minimum atomic E-state index is -0.185. The Morgan fingerprint density at radius 2 is 1.81 bits per heavy atom. The fourth-order valence-corrected chi connectivity index (χ4v) is 1.48. The smallest absolute Gasteiger partial charge is 0.306 e. The van der Waals surface area contributed by atoms with Crippen LogP contribution in [-0.4, -0.2) is 17.2 Å². The lowest BCUT2D eigenvalue weighted by Crippen LogP contribution is -2.13. The molecule has 0 aromatic heterocycles. The van der Waals surface area contributed by atoms with Gasteiger partial charge in [-0.15, -0.1) is 0 Å². The molecule has 1 aromatic rings. The quantitative estimate of drug-likeness (QED) is 0.797.